The van der Waals surface area contributed by atoms with Crippen LogP contribution >= 0.6 is 11.6 Å². The lowest BCUT2D eigenvalue weighted by atomic mass is 9.96. The Kier molecular flexibility index (Phi) is 7.60. The molecule has 3 N–H and O–H groups in total. The van der Waals surface area contributed by atoms with Gasteiger partial charge in [0.2, 0.25) is 0 Å². The summed E-state index contributed by atoms with van der Waals surface area (Å²) in [7, 11) is 0. The van der Waals surface area contributed by atoms with E-state index in [1.54, 1.807) is 17.4 Å². The number of carbonyl (C=O) groups excluding carboxylic acids is 3. The second-order valence-corrected chi connectivity index (χ2v) is 8.95. The van der Waals surface area contributed by atoms with Gasteiger partial charge in [-0.05, 0) is 48.4 Å². The number of benzene rings is 2. The third-order valence-electron chi connectivity index (χ3n) is 5.87. The minimum atomic E-state index is -4.62. The molecule has 0 saturated carbocycles. The number of amides is 1. The van der Waals surface area contributed by atoms with Gasteiger partial charge in [0.15, 0.2) is 0 Å². The molecule has 2 aromatic rings. The Balaban J connectivity index is 1.58. The Morgan fingerprint density at radius 1 is 1.08 bits per heavy atom. The number of nitrogens with one attached hydrogen (secondary N) is 3. The van der Waals surface area contributed by atoms with E-state index in [4.69, 9.17) is 21.1 Å². The highest BCUT2D eigenvalue weighted by molar-refractivity contribution is 6.33. The van der Waals surface area contributed by atoms with Crippen LogP contribution in [0.2, 0.25) is 5.02 Å². The van der Waals surface area contributed by atoms with Crippen molar-refractivity contribution in [2.75, 3.05) is 25.0 Å². The quantitative estimate of drug-likeness (QED) is 0.391. The van der Waals surface area contributed by atoms with Crippen molar-refractivity contribution in [1.29, 1.82) is 0 Å². The van der Waals surface area contributed by atoms with Crippen molar-refractivity contribution in [2.45, 2.75) is 37.8 Å². The molecule has 8 nitrogen and oxygen atoms in total. The Hall–Kier alpha value is -3.38. The summed E-state index contributed by atoms with van der Waals surface area (Å²) in [4.78, 5) is 36.4. The molecule has 0 aliphatic carbocycles. The molecule has 4 rings (SSSR count). The van der Waals surface area contributed by atoms with Gasteiger partial charge in [-0.3, -0.25) is 14.4 Å². The van der Waals surface area contributed by atoms with Gasteiger partial charge >= 0.3 is 18.1 Å². The normalized spacial score (nSPS) is 17.2. The summed E-state index contributed by atoms with van der Waals surface area (Å²) in [6.45, 7) is -1.04. The molecule has 0 radical (unpaired) electrons. The molecule has 1 saturated heterocycles. The van der Waals surface area contributed by atoms with Crippen LogP contribution in [-0.2, 0) is 37.8 Å². The van der Waals surface area contributed by atoms with E-state index >= 15 is 0 Å². The molecule has 2 aliphatic heterocycles. The second kappa shape index (κ2) is 10.5. The summed E-state index contributed by atoms with van der Waals surface area (Å²) in [5.74, 6) is -5.01. The van der Waals surface area contributed by atoms with Crippen LogP contribution in [0.1, 0.15) is 39.9 Å². The predicted molar refractivity (Wildman–Crippen MR) is 123 cm³/mol. The van der Waals surface area contributed by atoms with Crippen LogP contribution in [0.3, 0.4) is 0 Å². The van der Waals surface area contributed by atoms with Crippen LogP contribution in [0.25, 0.3) is 0 Å². The largest absolute Gasteiger partial charge is 0.416 e. The lowest BCUT2D eigenvalue weighted by Crippen LogP contribution is -2.43. The molecule has 2 aliphatic rings. The highest BCUT2D eigenvalue weighted by atomic mass is 35.5. The molecule has 0 atom stereocenters. The number of anilines is 1. The van der Waals surface area contributed by atoms with Gasteiger partial charge in [0.05, 0.1) is 35.7 Å². The second-order valence-electron chi connectivity index (χ2n) is 8.54. The first-order valence-corrected chi connectivity index (χ1v) is 11.7. The number of esters is 2. The fourth-order valence-electron chi connectivity index (χ4n) is 4.18. The van der Waals surface area contributed by atoms with E-state index in [-0.39, 0.29) is 25.9 Å². The zero-order valence-electron chi connectivity index (χ0n) is 19.3. The minimum absolute atomic E-state index is 0.0392. The number of ether oxygens (including phenoxy) is 2. The van der Waals surface area contributed by atoms with Crippen LogP contribution < -0.4 is 16.0 Å². The first-order valence-electron chi connectivity index (χ1n) is 11.3. The number of rotatable bonds is 5. The molecule has 2 heterocycles. The van der Waals surface area contributed by atoms with E-state index in [9.17, 15) is 31.9 Å². The van der Waals surface area contributed by atoms with Crippen LogP contribution in [0, 0.1) is 5.82 Å². The third kappa shape index (κ3) is 6.13. The molecule has 2 aromatic carbocycles. The predicted octanol–water partition coefficient (Wildman–Crippen LogP) is 3.56. The number of carbonyl (C=O) groups is 3. The molecule has 198 valence electrons. The Morgan fingerprint density at radius 3 is 2.43 bits per heavy atom. The Labute approximate surface area is 213 Å². The molecular weight excluding hydrogens is 522 g/mol. The van der Waals surface area contributed by atoms with Crippen molar-refractivity contribution in [2.24, 2.45) is 0 Å². The highest BCUT2D eigenvalue weighted by Crippen LogP contribution is 2.40. The van der Waals surface area contributed by atoms with Gasteiger partial charge in [-0.2, -0.15) is 13.2 Å². The van der Waals surface area contributed by atoms with Gasteiger partial charge in [-0.1, -0.05) is 17.7 Å². The molecule has 0 aromatic heterocycles. The number of fused-ring (bicyclic) bond motifs is 2. The zero-order chi connectivity index (χ0) is 26.8. The molecule has 0 unspecified atom stereocenters. The summed E-state index contributed by atoms with van der Waals surface area (Å²) in [5.41, 5.74) is 1.38. The van der Waals surface area contributed by atoms with Crippen LogP contribution in [0.5, 0.6) is 0 Å². The third-order valence-corrected chi connectivity index (χ3v) is 6.18. The first-order chi connectivity index (χ1) is 17.5. The monoisotopic (exact) mass is 543 g/mol. The van der Waals surface area contributed by atoms with Gasteiger partial charge in [0, 0.05) is 12.1 Å². The Morgan fingerprint density at radius 2 is 1.78 bits per heavy atom. The highest BCUT2D eigenvalue weighted by Gasteiger charge is 2.46. The van der Waals surface area contributed by atoms with Crippen LogP contribution in [-0.4, -0.2) is 43.7 Å². The molecule has 1 amide bonds. The van der Waals surface area contributed by atoms with E-state index in [0.29, 0.717) is 40.4 Å². The van der Waals surface area contributed by atoms with Crippen molar-refractivity contribution < 1.29 is 41.4 Å². The number of hydrogen-bond acceptors (Lipinski definition) is 7. The molecule has 37 heavy (non-hydrogen) atoms. The molecule has 1 spiro atoms. The van der Waals surface area contributed by atoms with Crippen molar-refractivity contribution in [3.8, 4) is 0 Å². The number of alkyl halides is 3. The van der Waals surface area contributed by atoms with Crippen molar-refractivity contribution in [3.63, 3.8) is 0 Å². The SMILES string of the molecule is O=C1CCC(=O)OC2(CNCCc3c2ccc(Cl)c3NCc2ccc(C(=O)NCC(F)(F)F)c(F)c2)O1. The summed E-state index contributed by atoms with van der Waals surface area (Å²) in [5, 5.41) is 8.15. The van der Waals surface area contributed by atoms with E-state index < -0.39 is 47.7 Å². The van der Waals surface area contributed by atoms with E-state index in [2.05, 4.69) is 10.6 Å². The zero-order valence-corrected chi connectivity index (χ0v) is 20.0. The standard InChI is InChI=1S/C24H22ClF4N3O5/c25-17-4-3-16-14(7-8-30-11-23(16)36-19(33)5-6-20(34)37-23)21(17)31-10-13-1-2-15(18(26)9-13)22(35)32-12-24(27,28)29/h1-4,9,30-31H,5-8,10-12H2,(H,32,35). The van der Waals surface area contributed by atoms with Gasteiger partial charge in [-0.15, -0.1) is 0 Å². The molecular formula is C24H22ClF4N3O5. The first kappa shape index (κ1) is 26.7. The summed E-state index contributed by atoms with van der Waals surface area (Å²) in [6.07, 6.45) is -4.40. The van der Waals surface area contributed by atoms with Crippen molar-refractivity contribution in [1.82, 2.24) is 10.6 Å². The molecule has 13 heteroatoms. The lowest BCUT2D eigenvalue weighted by Gasteiger charge is -2.32. The molecule has 1 fully saturated rings. The van der Waals surface area contributed by atoms with E-state index in [0.717, 1.165) is 12.1 Å². The van der Waals surface area contributed by atoms with Crippen molar-refractivity contribution >= 4 is 35.1 Å². The average Bonchev–Trinajstić information content (AvgIpc) is 3.08. The smallest absolute Gasteiger partial charge is 0.405 e. The van der Waals surface area contributed by atoms with Crippen molar-refractivity contribution in [3.05, 3.63) is 63.4 Å². The average molecular weight is 544 g/mol. The fourth-order valence-corrected chi connectivity index (χ4v) is 4.43. The fraction of sp³-hybridized carbons (Fsp3) is 0.375. The van der Waals surface area contributed by atoms with Gasteiger partial charge in [-0.25, -0.2) is 4.39 Å². The molecule has 0 bridgehead atoms. The maximum absolute atomic E-state index is 14.5. The minimum Gasteiger partial charge on any atom is -0.416 e. The maximum atomic E-state index is 14.5. The maximum Gasteiger partial charge on any atom is 0.405 e. The summed E-state index contributed by atoms with van der Waals surface area (Å²) in [6, 6.07) is 6.69. The van der Waals surface area contributed by atoms with Gasteiger partial charge < -0.3 is 25.4 Å². The number of halogens is 5. The van der Waals surface area contributed by atoms with Crippen LogP contribution in [0.15, 0.2) is 30.3 Å². The summed E-state index contributed by atoms with van der Waals surface area (Å²) >= 11 is 6.45. The van der Waals surface area contributed by atoms with Gasteiger partial charge in [0.1, 0.15) is 12.4 Å². The number of hydrogen-bond donors (Lipinski definition) is 3. The van der Waals surface area contributed by atoms with Gasteiger partial charge in [0.25, 0.3) is 11.7 Å². The Bertz CT molecular complexity index is 1220. The summed E-state index contributed by atoms with van der Waals surface area (Å²) < 4.78 is 62.7. The van der Waals surface area contributed by atoms with E-state index in [1.165, 1.54) is 6.07 Å². The van der Waals surface area contributed by atoms with Crippen LogP contribution in [0.4, 0.5) is 23.2 Å². The lowest BCUT2D eigenvalue weighted by molar-refractivity contribution is -0.225. The topological polar surface area (TPSA) is 106 Å². The van der Waals surface area contributed by atoms with E-state index in [1.807, 2.05) is 0 Å².